The summed E-state index contributed by atoms with van der Waals surface area (Å²) >= 11 is 3.20. The molecule has 32 heavy (non-hydrogen) atoms. The zero-order chi connectivity index (χ0) is 23.3. The number of ether oxygens (including phenoxy) is 1. The highest BCUT2D eigenvalue weighted by Gasteiger charge is 2.25. The van der Waals surface area contributed by atoms with E-state index < -0.39 is 28.5 Å². The zero-order valence-electron chi connectivity index (χ0n) is 16.3. The number of nitro benzene ring substituents is 1. The van der Waals surface area contributed by atoms with Crippen molar-refractivity contribution in [1.29, 1.82) is 0 Å². The van der Waals surface area contributed by atoms with Crippen molar-refractivity contribution < 1.29 is 29.2 Å². The fraction of sp³-hybridized carbons (Fsp3) is 0.0455. The largest absolute Gasteiger partial charge is 0.478 e. The van der Waals surface area contributed by atoms with E-state index in [-0.39, 0.29) is 29.0 Å². The maximum Gasteiger partial charge on any atom is 0.350 e. The number of nitrogens with one attached hydrogen (secondary N) is 1. The number of benzene rings is 3. The Morgan fingerprint density at radius 2 is 1.66 bits per heavy atom. The SMILES string of the molecule is O=C(NCc1cc(Br)cc(C(=O)O)c1OC(=O)c1ccccc1[N+](=O)[O-])c1ccccc1. The van der Waals surface area contributed by atoms with E-state index in [4.69, 9.17) is 4.74 Å². The summed E-state index contributed by atoms with van der Waals surface area (Å²) in [5.41, 5.74) is -0.593. The Morgan fingerprint density at radius 3 is 2.31 bits per heavy atom. The average molecular weight is 499 g/mol. The van der Waals surface area contributed by atoms with E-state index in [2.05, 4.69) is 21.2 Å². The lowest BCUT2D eigenvalue weighted by molar-refractivity contribution is -0.385. The van der Waals surface area contributed by atoms with Crippen LogP contribution in [-0.2, 0) is 6.54 Å². The molecule has 0 radical (unpaired) electrons. The second-order valence-corrected chi connectivity index (χ2v) is 7.37. The fourth-order valence-electron chi connectivity index (χ4n) is 2.88. The number of carboxylic acids is 1. The molecule has 3 aromatic carbocycles. The lowest BCUT2D eigenvalue weighted by Gasteiger charge is -2.15. The van der Waals surface area contributed by atoms with Crippen LogP contribution < -0.4 is 10.1 Å². The summed E-state index contributed by atoms with van der Waals surface area (Å²) in [4.78, 5) is 47.3. The Balaban J connectivity index is 1.95. The molecular weight excluding hydrogens is 484 g/mol. The summed E-state index contributed by atoms with van der Waals surface area (Å²) < 4.78 is 5.69. The number of rotatable bonds is 7. The number of carbonyl (C=O) groups is 3. The zero-order valence-corrected chi connectivity index (χ0v) is 17.9. The lowest BCUT2D eigenvalue weighted by Crippen LogP contribution is -2.24. The van der Waals surface area contributed by atoms with Crippen LogP contribution in [0.25, 0.3) is 0 Å². The molecule has 0 heterocycles. The lowest BCUT2D eigenvalue weighted by atomic mass is 10.1. The molecule has 0 saturated carbocycles. The molecule has 0 unspecified atom stereocenters. The number of amides is 1. The number of halogens is 1. The van der Waals surface area contributed by atoms with Crippen LogP contribution in [0.5, 0.6) is 5.75 Å². The summed E-state index contributed by atoms with van der Waals surface area (Å²) in [6, 6.07) is 16.2. The number of hydrogen-bond acceptors (Lipinski definition) is 6. The molecule has 0 aromatic heterocycles. The van der Waals surface area contributed by atoms with Gasteiger partial charge in [-0.3, -0.25) is 14.9 Å². The molecule has 3 aromatic rings. The molecule has 0 aliphatic heterocycles. The number of aromatic carboxylic acids is 1. The minimum Gasteiger partial charge on any atom is -0.478 e. The molecule has 0 atom stereocenters. The van der Waals surface area contributed by atoms with Crippen LogP contribution in [0.4, 0.5) is 5.69 Å². The van der Waals surface area contributed by atoms with Crippen LogP contribution in [0.1, 0.15) is 36.6 Å². The third-order valence-electron chi connectivity index (χ3n) is 4.35. The predicted molar refractivity (Wildman–Crippen MR) is 117 cm³/mol. The Morgan fingerprint density at radius 1 is 1.00 bits per heavy atom. The van der Waals surface area contributed by atoms with Gasteiger partial charge in [-0.2, -0.15) is 0 Å². The summed E-state index contributed by atoms with van der Waals surface area (Å²) in [6.07, 6.45) is 0. The monoisotopic (exact) mass is 498 g/mol. The molecule has 0 saturated heterocycles. The highest BCUT2D eigenvalue weighted by Crippen LogP contribution is 2.31. The second-order valence-electron chi connectivity index (χ2n) is 6.46. The van der Waals surface area contributed by atoms with Gasteiger partial charge in [0.2, 0.25) is 0 Å². The summed E-state index contributed by atoms with van der Waals surface area (Å²) in [5.74, 6) is -3.22. The summed E-state index contributed by atoms with van der Waals surface area (Å²) in [7, 11) is 0. The highest BCUT2D eigenvalue weighted by atomic mass is 79.9. The molecule has 2 N–H and O–H groups in total. The molecule has 0 fully saturated rings. The first-order valence-corrected chi connectivity index (χ1v) is 9.91. The Labute approximate surface area is 189 Å². The molecule has 0 bridgehead atoms. The topological polar surface area (TPSA) is 136 Å². The predicted octanol–water partition coefficient (Wildman–Crippen LogP) is 4.20. The smallest absolute Gasteiger partial charge is 0.350 e. The molecule has 0 aliphatic carbocycles. The van der Waals surface area contributed by atoms with Crippen molar-refractivity contribution in [2.24, 2.45) is 0 Å². The van der Waals surface area contributed by atoms with Gasteiger partial charge < -0.3 is 15.2 Å². The first kappa shape index (κ1) is 22.6. The van der Waals surface area contributed by atoms with E-state index in [0.29, 0.717) is 10.0 Å². The fourth-order valence-corrected chi connectivity index (χ4v) is 3.39. The molecular formula is C22H15BrN2O7. The van der Waals surface area contributed by atoms with Gasteiger partial charge >= 0.3 is 11.9 Å². The molecule has 0 aliphatic rings. The van der Waals surface area contributed by atoms with Gasteiger partial charge in [-0.05, 0) is 30.3 Å². The van der Waals surface area contributed by atoms with Gasteiger partial charge in [0, 0.05) is 28.2 Å². The summed E-state index contributed by atoms with van der Waals surface area (Å²) in [5, 5.41) is 23.5. The van der Waals surface area contributed by atoms with Gasteiger partial charge in [-0.1, -0.05) is 46.3 Å². The average Bonchev–Trinajstić information content (AvgIpc) is 2.78. The van der Waals surface area contributed by atoms with E-state index in [1.807, 2.05) is 0 Å². The highest BCUT2D eigenvalue weighted by molar-refractivity contribution is 9.10. The number of nitro groups is 1. The van der Waals surface area contributed by atoms with Crippen LogP contribution >= 0.6 is 15.9 Å². The maximum absolute atomic E-state index is 12.7. The van der Waals surface area contributed by atoms with Crippen molar-refractivity contribution >= 4 is 39.5 Å². The molecule has 3 rings (SSSR count). The third kappa shape index (κ3) is 5.16. The van der Waals surface area contributed by atoms with E-state index in [0.717, 1.165) is 6.07 Å². The van der Waals surface area contributed by atoms with Gasteiger partial charge in [0.25, 0.3) is 11.6 Å². The normalized spacial score (nSPS) is 10.3. The van der Waals surface area contributed by atoms with Crippen molar-refractivity contribution in [2.45, 2.75) is 6.54 Å². The number of hydrogen-bond donors (Lipinski definition) is 2. The second kappa shape index (κ2) is 9.84. The summed E-state index contributed by atoms with van der Waals surface area (Å²) in [6.45, 7) is -0.160. The van der Waals surface area contributed by atoms with E-state index in [9.17, 15) is 29.6 Å². The quantitative estimate of drug-likeness (QED) is 0.215. The number of esters is 1. The molecule has 9 nitrogen and oxygen atoms in total. The molecule has 162 valence electrons. The van der Waals surface area contributed by atoms with Crippen LogP contribution in [0.2, 0.25) is 0 Å². The van der Waals surface area contributed by atoms with Crippen molar-refractivity contribution in [3.8, 4) is 5.75 Å². The van der Waals surface area contributed by atoms with Gasteiger partial charge in [0.05, 0.1) is 4.92 Å². The van der Waals surface area contributed by atoms with Crippen molar-refractivity contribution in [2.75, 3.05) is 0 Å². The minimum atomic E-state index is -1.38. The van der Waals surface area contributed by atoms with Crippen LogP contribution in [0, 0.1) is 10.1 Å². The number of carbonyl (C=O) groups excluding carboxylic acids is 2. The van der Waals surface area contributed by atoms with Crippen LogP contribution in [0.15, 0.2) is 71.2 Å². The van der Waals surface area contributed by atoms with Crippen molar-refractivity contribution in [1.82, 2.24) is 5.32 Å². The number of para-hydroxylation sites is 1. The van der Waals surface area contributed by atoms with Gasteiger partial charge in [0.1, 0.15) is 11.1 Å². The molecule has 10 heteroatoms. The molecule has 1 amide bonds. The van der Waals surface area contributed by atoms with Crippen LogP contribution in [0.3, 0.4) is 0 Å². The maximum atomic E-state index is 12.7. The minimum absolute atomic E-state index is 0.160. The standard InChI is InChI=1S/C22H15BrN2O7/c23-15-10-14(12-24-20(26)13-6-2-1-3-7-13)19(17(11-15)21(27)28)32-22(29)16-8-4-5-9-18(16)25(30)31/h1-11H,12H2,(H,24,26)(H,27,28). The van der Waals surface area contributed by atoms with E-state index >= 15 is 0 Å². The van der Waals surface area contributed by atoms with E-state index in [1.165, 1.54) is 30.3 Å². The Kier molecular flexibility index (Phi) is 6.96. The Hall–Kier alpha value is -4.05. The van der Waals surface area contributed by atoms with Gasteiger partial charge in [-0.25, -0.2) is 9.59 Å². The molecule has 0 spiro atoms. The first-order chi connectivity index (χ1) is 15.3. The van der Waals surface area contributed by atoms with Crippen molar-refractivity contribution in [3.63, 3.8) is 0 Å². The first-order valence-electron chi connectivity index (χ1n) is 9.12. The van der Waals surface area contributed by atoms with Crippen molar-refractivity contribution in [3.05, 3.63) is 104 Å². The number of carboxylic acid groups (broad SMARTS) is 1. The van der Waals surface area contributed by atoms with Gasteiger partial charge in [-0.15, -0.1) is 0 Å². The Bertz CT molecular complexity index is 1210. The van der Waals surface area contributed by atoms with Gasteiger partial charge in [0.15, 0.2) is 5.75 Å². The van der Waals surface area contributed by atoms with Crippen LogP contribution in [-0.4, -0.2) is 27.9 Å². The third-order valence-corrected chi connectivity index (χ3v) is 4.81. The van der Waals surface area contributed by atoms with E-state index in [1.54, 1.807) is 30.3 Å². The number of nitrogens with zero attached hydrogens (tertiary/aromatic N) is 1.